The van der Waals surface area contributed by atoms with Gasteiger partial charge < -0.3 is 18.1 Å². The van der Waals surface area contributed by atoms with Crippen molar-refractivity contribution < 1.29 is 37.6 Å². The number of carbonyl (C=O) groups excluding carboxylic acids is 1. The molecule has 108 valence electrons. The molecule has 4 nitrogen and oxygen atoms in total. The van der Waals surface area contributed by atoms with Crippen molar-refractivity contribution in [3.63, 3.8) is 0 Å². The molecule has 2 atom stereocenters. The molecule has 0 aromatic heterocycles. The van der Waals surface area contributed by atoms with E-state index >= 15 is 0 Å². The summed E-state index contributed by atoms with van der Waals surface area (Å²) in [7, 11) is 3.87. The van der Waals surface area contributed by atoms with Crippen molar-refractivity contribution in [2.75, 3.05) is 32.1 Å². The number of hydrogen-bond acceptors (Lipinski definition) is 4. The zero-order valence-corrected chi connectivity index (χ0v) is 15.7. The van der Waals surface area contributed by atoms with Crippen LogP contribution in [0.15, 0.2) is 0 Å². The van der Waals surface area contributed by atoms with Gasteiger partial charge in [0.2, 0.25) is 0 Å². The van der Waals surface area contributed by atoms with Crippen molar-refractivity contribution in [2.45, 2.75) is 20.8 Å². The summed E-state index contributed by atoms with van der Waals surface area (Å²) in [6, 6.07) is 0. The molecule has 0 bridgehead atoms. The smallest absolute Gasteiger partial charge is 0.545 e. The summed E-state index contributed by atoms with van der Waals surface area (Å²) in [6.45, 7) is 11.0. The zero-order valence-electron chi connectivity index (χ0n) is 10.7. The predicted molar refractivity (Wildman–Crippen MR) is 76.5 cm³/mol. The van der Waals surface area contributed by atoms with Crippen LogP contribution < -0.4 is 0 Å². The summed E-state index contributed by atoms with van der Waals surface area (Å²) in [5, 5.41) is 0. The van der Waals surface area contributed by atoms with E-state index < -0.39 is 9.53 Å². The number of hydrogen-bond donors (Lipinski definition) is 0. The van der Waals surface area contributed by atoms with Gasteiger partial charge in [-0.3, -0.25) is 6.79 Å². The minimum absolute atomic E-state index is 0. The van der Waals surface area contributed by atoms with Crippen LogP contribution in [0.25, 0.3) is 0 Å². The molecular weight excluding hydrogens is 365 g/mol. The van der Waals surface area contributed by atoms with E-state index in [1.807, 2.05) is 20.8 Å². The molecule has 0 aliphatic heterocycles. The summed E-state index contributed by atoms with van der Waals surface area (Å²) in [6.07, 6.45) is 2.40. The molecule has 0 N–H and O–H groups in total. The summed E-state index contributed by atoms with van der Waals surface area (Å²) in [5.74, 6) is 0. The molecule has 0 heterocycles. The maximum atomic E-state index is 7.75. The quantitative estimate of drug-likeness (QED) is 0.287. The van der Waals surface area contributed by atoms with Crippen molar-refractivity contribution >= 4 is 34.8 Å². The first kappa shape index (κ1) is 26.7. The van der Waals surface area contributed by atoms with E-state index in [1.54, 1.807) is 0 Å². The molecule has 0 aromatic rings. The summed E-state index contributed by atoms with van der Waals surface area (Å²) in [4.78, 5) is 7.75. The molecule has 2 radical (unpaired) electrons. The van der Waals surface area contributed by atoms with E-state index in [2.05, 4.69) is 25.3 Å². The number of rotatable bonds is 7. The van der Waals surface area contributed by atoms with Crippen LogP contribution >= 0.6 is 18.5 Å². The van der Waals surface area contributed by atoms with Gasteiger partial charge in [-0.25, -0.2) is 0 Å². The summed E-state index contributed by atoms with van der Waals surface area (Å²) >= 11 is 0. The standard InChI is InChI=1S/C6H15O3Si.C2H8P2.CHO.Rh/c1-4-7-10(8-5-2)9-6-3;3-1-2-4;1-2;/h4-6H2,1-3H3;1-4H2;1H;/q;;-1;. The average molecular weight is 389 g/mol. The molecule has 2 unspecified atom stereocenters. The Hall–Kier alpha value is 1.25. The third-order valence-corrected chi connectivity index (χ3v) is 3.86. The van der Waals surface area contributed by atoms with E-state index in [1.165, 1.54) is 12.3 Å². The summed E-state index contributed by atoms with van der Waals surface area (Å²) in [5.41, 5.74) is 0. The minimum atomic E-state index is -1.40. The fourth-order valence-electron chi connectivity index (χ4n) is 0.479. The van der Waals surface area contributed by atoms with E-state index in [0.717, 1.165) is 0 Å². The molecule has 0 rings (SSSR count). The molecular formula is C9H24O4P2RhSi-. The largest absolute Gasteiger partial charge is 0.577 e. The van der Waals surface area contributed by atoms with Gasteiger partial charge in [-0.2, -0.15) is 0 Å². The Balaban J connectivity index is -0.000000103. The van der Waals surface area contributed by atoms with Crippen LogP contribution in [0.3, 0.4) is 0 Å². The van der Waals surface area contributed by atoms with Crippen molar-refractivity contribution in [1.29, 1.82) is 0 Å². The van der Waals surface area contributed by atoms with Gasteiger partial charge >= 0.3 is 9.53 Å². The molecule has 0 saturated carbocycles. The van der Waals surface area contributed by atoms with Gasteiger partial charge in [-0.05, 0) is 33.1 Å². The third kappa shape index (κ3) is 31.7. The molecule has 0 saturated heterocycles. The first-order valence-corrected chi connectivity index (χ1v) is 8.01. The van der Waals surface area contributed by atoms with Gasteiger partial charge in [0.05, 0.1) is 0 Å². The monoisotopic (exact) mass is 389 g/mol. The van der Waals surface area contributed by atoms with Crippen LogP contribution in [-0.4, -0.2) is 48.5 Å². The Bertz CT molecular complexity index is 101. The normalized spacial score (nSPS) is 8.35. The second kappa shape index (κ2) is 30.4. The molecule has 17 heavy (non-hydrogen) atoms. The van der Waals surface area contributed by atoms with Gasteiger partial charge in [0.1, 0.15) is 0 Å². The Morgan fingerprint density at radius 1 is 0.882 bits per heavy atom. The van der Waals surface area contributed by atoms with E-state index in [0.29, 0.717) is 19.8 Å². The molecule has 0 fully saturated rings. The van der Waals surface area contributed by atoms with Gasteiger partial charge in [0.25, 0.3) is 0 Å². The van der Waals surface area contributed by atoms with Gasteiger partial charge in [-0.1, -0.05) is 0 Å². The van der Waals surface area contributed by atoms with Crippen LogP contribution in [-0.2, 0) is 37.6 Å². The SMILES string of the molecule is CCO[Si](OCC)OCC.PCCP.[CH-]=O.[Rh]. The maximum Gasteiger partial charge on any atom is 0.577 e. The maximum absolute atomic E-state index is 7.75. The molecule has 0 aliphatic rings. The minimum Gasteiger partial charge on any atom is -0.545 e. The van der Waals surface area contributed by atoms with Crippen molar-refractivity contribution in [3.05, 3.63) is 0 Å². The Morgan fingerprint density at radius 2 is 1.12 bits per heavy atom. The van der Waals surface area contributed by atoms with Gasteiger partial charge in [0.15, 0.2) is 0 Å². The van der Waals surface area contributed by atoms with Gasteiger partial charge in [0, 0.05) is 39.3 Å². The zero-order chi connectivity index (χ0) is 13.2. The molecule has 0 aliphatic carbocycles. The van der Waals surface area contributed by atoms with E-state index in [4.69, 9.17) is 18.1 Å². The van der Waals surface area contributed by atoms with Gasteiger partial charge in [-0.15, -0.1) is 18.5 Å². The second-order valence-corrected chi connectivity index (χ2v) is 4.65. The Morgan fingerprint density at radius 3 is 1.24 bits per heavy atom. The van der Waals surface area contributed by atoms with E-state index in [-0.39, 0.29) is 19.5 Å². The predicted octanol–water partition coefficient (Wildman–Crippen LogP) is 1.54. The topological polar surface area (TPSA) is 44.8 Å². The first-order chi connectivity index (χ1) is 7.76. The van der Waals surface area contributed by atoms with Crippen LogP contribution in [0.2, 0.25) is 0 Å². The molecule has 0 aromatic carbocycles. The molecule has 8 heteroatoms. The average Bonchev–Trinajstić information content (AvgIpc) is 2.33. The van der Waals surface area contributed by atoms with Crippen LogP contribution in [0, 0.1) is 0 Å². The van der Waals surface area contributed by atoms with Crippen LogP contribution in [0.4, 0.5) is 0 Å². The Kier molecular flexibility index (Phi) is 47.8. The van der Waals surface area contributed by atoms with E-state index in [9.17, 15) is 0 Å². The first-order valence-electron chi connectivity index (χ1n) is 5.15. The fraction of sp³-hybridized carbons (Fsp3) is 0.889. The summed E-state index contributed by atoms with van der Waals surface area (Å²) < 4.78 is 15.5. The van der Waals surface area contributed by atoms with Crippen molar-refractivity contribution in [3.8, 4) is 0 Å². The second-order valence-electron chi connectivity index (χ2n) is 2.13. The van der Waals surface area contributed by atoms with Crippen LogP contribution in [0.1, 0.15) is 20.8 Å². The van der Waals surface area contributed by atoms with Crippen molar-refractivity contribution in [2.24, 2.45) is 0 Å². The van der Waals surface area contributed by atoms with Crippen LogP contribution in [0.5, 0.6) is 0 Å². The molecule has 0 amide bonds. The Labute approximate surface area is 125 Å². The third-order valence-electron chi connectivity index (χ3n) is 0.953. The fourth-order valence-corrected chi connectivity index (χ4v) is 1.44. The molecule has 0 spiro atoms. The van der Waals surface area contributed by atoms with Crippen molar-refractivity contribution in [1.82, 2.24) is 0 Å².